The molecule has 3 heterocycles. The van der Waals surface area contributed by atoms with Crippen molar-refractivity contribution in [1.82, 2.24) is 20.0 Å². The van der Waals surface area contributed by atoms with E-state index in [1.807, 2.05) is 23.1 Å². The van der Waals surface area contributed by atoms with Crippen LogP contribution in [0.3, 0.4) is 0 Å². The van der Waals surface area contributed by atoms with Gasteiger partial charge in [0.2, 0.25) is 0 Å². The maximum Gasteiger partial charge on any atom is 0.151 e. The van der Waals surface area contributed by atoms with E-state index in [1.165, 1.54) is 24.1 Å². The van der Waals surface area contributed by atoms with Crippen molar-refractivity contribution in [2.75, 3.05) is 18.0 Å². The molecule has 2 aromatic heterocycles. The summed E-state index contributed by atoms with van der Waals surface area (Å²) >= 11 is 0. The average molecular weight is 255 g/mol. The minimum atomic E-state index is 0.479. The lowest BCUT2D eigenvalue weighted by Crippen LogP contribution is -2.48. The number of nitrogens with zero attached hydrogens (tertiary/aromatic N) is 5. The monoisotopic (exact) mass is 255 g/mol. The molecule has 0 radical (unpaired) electrons. The second-order valence-corrected chi connectivity index (χ2v) is 5.43. The van der Waals surface area contributed by atoms with Crippen LogP contribution in [0.5, 0.6) is 0 Å². The van der Waals surface area contributed by atoms with E-state index in [2.05, 4.69) is 26.3 Å². The van der Waals surface area contributed by atoms with E-state index in [0.717, 1.165) is 31.7 Å². The van der Waals surface area contributed by atoms with Crippen molar-refractivity contribution in [3.05, 3.63) is 35.8 Å². The Morgan fingerprint density at radius 1 is 1.11 bits per heavy atom. The molecule has 2 aliphatic rings. The Kier molecular flexibility index (Phi) is 2.50. The van der Waals surface area contributed by atoms with Crippen molar-refractivity contribution in [3.63, 3.8) is 0 Å². The van der Waals surface area contributed by atoms with Gasteiger partial charge in [0.25, 0.3) is 0 Å². The van der Waals surface area contributed by atoms with Crippen LogP contribution in [0.2, 0.25) is 0 Å². The number of hydrogen-bond donors (Lipinski definition) is 0. The first-order chi connectivity index (χ1) is 9.40. The minimum Gasteiger partial charge on any atom is -0.351 e. The van der Waals surface area contributed by atoms with Gasteiger partial charge >= 0.3 is 0 Å². The van der Waals surface area contributed by atoms with Crippen molar-refractivity contribution in [1.29, 1.82) is 0 Å². The summed E-state index contributed by atoms with van der Waals surface area (Å²) in [5.74, 6) is 1.03. The summed E-state index contributed by atoms with van der Waals surface area (Å²) in [5.41, 5.74) is 2.61. The molecule has 5 heteroatoms. The molecule has 0 amide bonds. The normalized spacial score (nSPS) is 19.1. The van der Waals surface area contributed by atoms with E-state index in [4.69, 9.17) is 0 Å². The summed E-state index contributed by atoms with van der Waals surface area (Å²) in [6.07, 6.45) is 8.66. The van der Waals surface area contributed by atoms with Crippen LogP contribution in [0.15, 0.2) is 24.5 Å². The number of anilines is 1. The third kappa shape index (κ3) is 1.89. The van der Waals surface area contributed by atoms with E-state index in [9.17, 15) is 0 Å². The highest BCUT2D eigenvalue weighted by Crippen LogP contribution is 2.28. The first kappa shape index (κ1) is 11.0. The molecule has 0 spiro atoms. The predicted octanol–water partition coefficient (Wildman–Crippen LogP) is 1.61. The summed E-state index contributed by atoms with van der Waals surface area (Å²) in [7, 11) is 0. The summed E-state index contributed by atoms with van der Waals surface area (Å²) in [5, 5.41) is 13.1. The number of fused-ring (bicyclic) bond motifs is 1. The molecule has 2 aromatic rings. The van der Waals surface area contributed by atoms with Gasteiger partial charge in [-0.1, -0.05) is 0 Å². The van der Waals surface area contributed by atoms with E-state index >= 15 is 0 Å². The van der Waals surface area contributed by atoms with Gasteiger partial charge in [-0.2, -0.15) is 10.2 Å². The molecule has 0 N–H and O–H groups in total. The molecule has 0 atom stereocenters. The van der Waals surface area contributed by atoms with Crippen molar-refractivity contribution < 1.29 is 0 Å². The van der Waals surface area contributed by atoms with Crippen molar-refractivity contribution >= 4 is 5.82 Å². The third-order valence-corrected chi connectivity index (χ3v) is 4.14. The van der Waals surface area contributed by atoms with Crippen LogP contribution in [0.1, 0.15) is 30.1 Å². The smallest absolute Gasteiger partial charge is 0.151 e. The highest BCUT2D eigenvalue weighted by atomic mass is 15.4. The van der Waals surface area contributed by atoms with Gasteiger partial charge in [-0.3, -0.25) is 4.68 Å². The van der Waals surface area contributed by atoms with Crippen molar-refractivity contribution in [2.24, 2.45) is 0 Å². The second-order valence-electron chi connectivity index (χ2n) is 5.43. The van der Waals surface area contributed by atoms with Crippen molar-refractivity contribution in [2.45, 2.75) is 31.7 Å². The largest absolute Gasteiger partial charge is 0.351 e. The quantitative estimate of drug-likeness (QED) is 0.818. The van der Waals surface area contributed by atoms with Crippen LogP contribution < -0.4 is 4.90 Å². The maximum atomic E-state index is 4.40. The van der Waals surface area contributed by atoms with Gasteiger partial charge in [-0.25, -0.2) is 0 Å². The number of hydrogen-bond acceptors (Lipinski definition) is 4. The first-order valence-electron chi connectivity index (χ1n) is 7.00. The third-order valence-electron chi connectivity index (χ3n) is 4.14. The molecule has 98 valence electrons. The molecule has 0 saturated carbocycles. The highest BCUT2D eigenvalue weighted by Gasteiger charge is 2.30. The zero-order valence-corrected chi connectivity index (χ0v) is 10.9. The van der Waals surface area contributed by atoms with Gasteiger partial charge in [0.05, 0.1) is 11.7 Å². The molecule has 1 aliphatic carbocycles. The Morgan fingerprint density at radius 2 is 2.00 bits per heavy atom. The van der Waals surface area contributed by atoms with Gasteiger partial charge in [0, 0.05) is 25.5 Å². The number of aryl methyl sites for hydroxylation is 2. The van der Waals surface area contributed by atoms with Crippen LogP contribution in [-0.2, 0) is 12.8 Å². The highest BCUT2D eigenvalue weighted by molar-refractivity contribution is 5.44. The Balaban J connectivity index is 1.49. The molecular formula is C14H17N5. The van der Waals surface area contributed by atoms with Crippen LogP contribution in [0.4, 0.5) is 5.82 Å². The fourth-order valence-corrected chi connectivity index (χ4v) is 2.94. The SMILES string of the molecule is c1cnn(C2CN(c3cc4c(nn3)CCCC4)C2)c1. The van der Waals surface area contributed by atoms with Crippen molar-refractivity contribution in [3.8, 4) is 0 Å². The zero-order chi connectivity index (χ0) is 12.7. The zero-order valence-electron chi connectivity index (χ0n) is 10.9. The summed E-state index contributed by atoms with van der Waals surface area (Å²) < 4.78 is 2.03. The van der Waals surface area contributed by atoms with Crippen LogP contribution in [0, 0.1) is 0 Å². The molecule has 0 aromatic carbocycles. The van der Waals surface area contributed by atoms with Gasteiger partial charge in [0.1, 0.15) is 0 Å². The molecule has 1 aliphatic heterocycles. The molecule has 5 nitrogen and oxygen atoms in total. The van der Waals surface area contributed by atoms with E-state index < -0.39 is 0 Å². The molecule has 0 bridgehead atoms. The molecule has 19 heavy (non-hydrogen) atoms. The molecule has 4 rings (SSSR count). The maximum absolute atomic E-state index is 4.40. The van der Waals surface area contributed by atoms with Gasteiger partial charge in [-0.05, 0) is 43.4 Å². The number of aromatic nitrogens is 4. The Morgan fingerprint density at radius 3 is 2.84 bits per heavy atom. The average Bonchev–Trinajstić information content (AvgIpc) is 2.91. The minimum absolute atomic E-state index is 0.479. The fraction of sp³-hybridized carbons (Fsp3) is 0.500. The lowest BCUT2D eigenvalue weighted by Gasteiger charge is -2.40. The van der Waals surface area contributed by atoms with Crippen LogP contribution in [-0.4, -0.2) is 33.1 Å². The predicted molar refractivity (Wildman–Crippen MR) is 72.2 cm³/mol. The van der Waals surface area contributed by atoms with Gasteiger partial charge < -0.3 is 4.90 Å². The van der Waals surface area contributed by atoms with Crippen LogP contribution in [0.25, 0.3) is 0 Å². The van der Waals surface area contributed by atoms with Gasteiger partial charge in [-0.15, -0.1) is 5.10 Å². The molecular weight excluding hydrogens is 238 g/mol. The number of rotatable bonds is 2. The fourth-order valence-electron chi connectivity index (χ4n) is 2.94. The first-order valence-corrected chi connectivity index (χ1v) is 7.00. The Hall–Kier alpha value is -1.91. The Labute approximate surface area is 112 Å². The van der Waals surface area contributed by atoms with E-state index in [-0.39, 0.29) is 0 Å². The van der Waals surface area contributed by atoms with E-state index in [0.29, 0.717) is 6.04 Å². The lowest BCUT2D eigenvalue weighted by molar-refractivity contribution is 0.365. The van der Waals surface area contributed by atoms with E-state index in [1.54, 1.807) is 0 Å². The molecule has 1 fully saturated rings. The topological polar surface area (TPSA) is 46.8 Å². The van der Waals surface area contributed by atoms with Crippen LogP contribution >= 0.6 is 0 Å². The standard InChI is InChI=1S/C14H17N5/c1-2-5-13-11(4-1)8-14(17-16-13)18-9-12(10-18)19-7-3-6-15-19/h3,6-8,12H,1-2,4-5,9-10H2. The second kappa shape index (κ2) is 4.33. The van der Waals surface area contributed by atoms with Gasteiger partial charge in [0.15, 0.2) is 5.82 Å². The molecule has 1 saturated heterocycles. The Bertz CT molecular complexity index is 572. The summed E-state index contributed by atoms with van der Waals surface area (Å²) in [6, 6.07) is 4.69. The summed E-state index contributed by atoms with van der Waals surface area (Å²) in [4.78, 5) is 2.29. The molecule has 0 unspecified atom stereocenters. The summed E-state index contributed by atoms with van der Waals surface area (Å²) in [6.45, 7) is 1.96. The lowest BCUT2D eigenvalue weighted by atomic mass is 9.96.